The summed E-state index contributed by atoms with van der Waals surface area (Å²) in [5, 5.41) is 1.75. The molecule has 2 aromatic heterocycles. The minimum absolute atomic E-state index is 0.183. The molecule has 11 heteroatoms. The molecule has 0 fully saturated rings. The molecule has 1 N–H and O–H groups in total. The number of benzene rings is 1. The van der Waals surface area contributed by atoms with E-state index < -0.39 is 24.4 Å². The zero-order chi connectivity index (χ0) is 22.0. The van der Waals surface area contributed by atoms with Gasteiger partial charge in [0.1, 0.15) is 12.4 Å². The van der Waals surface area contributed by atoms with E-state index in [4.69, 9.17) is 0 Å². The maximum Gasteiger partial charge on any atom is 0.405 e. The minimum atomic E-state index is -4.55. The summed E-state index contributed by atoms with van der Waals surface area (Å²) in [7, 11) is 0. The fraction of sp³-hybridized carbons (Fsp3) is 0.250. The quantitative estimate of drug-likeness (QED) is 0.639. The number of aromatic nitrogens is 4. The molecule has 0 saturated heterocycles. The molecule has 1 aromatic carbocycles. The Labute approximate surface area is 174 Å². The van der Waals surface area contributed by atoms with Crippen LogP contribution in [-0.2, 0) is 13.0 Å². The van der Waals surface area contributed by atoms with E-state index >= 15 is 0 Å². The van der Waals surface area contributed by atoms with Crippen molar-refractivity contribution in [2.45, 2.75) is 19.1 Å². The van der Waals surface area contributed by atoms with E-state index in [1.165, 1.54) is 12.1 Å². The van der Waals surface area contributed by atoms with Crippen LogP contribution >= 0.6 is 0 Å². The molecule has 31 heavy (non-hydrogen) atoms. The molecule has 0 unspecified atom stereocenters. The maximum atomic E-state index is 14.1. The summed E-state index contributed by atoms with van der Waals surface area (Å²) in [5.41, 5.74) is 1.84. The van der Waals surface area contributed by atoms with Gasteiger partial charge in [0, 0.05) is 54.9 Å². The summed E-state index contributed by atoms with van der Waals surface area (Å²) in [4.78, 5) is 30.9. The Morgan fingerprint density at radius 1 is 1.10 bits per heavy atom. The number of rotatable bonds is 4. The largest absolute Gasteiger partial charge is 0.405 e. The monoisotopic (exact) mass is 432 g/mol. The van der Waals surface area contributed by atoms with Crippen molar-refractivity contribution in [2.75, 3.05) is 18.0 Å². The highest BCUT2D eigenvalue weighted by Gasteiger charge is 2.28. The van der Waals surface area contributed by atoms with Gasteiger partial charge in [-0.3, -0.25) is 4.79 Å². The molecular formula is C20H16F4N6O. The first-order valence-electron chi connectivity index (χ1n) is 9.31. The highest BCUT2D eigenvalue weighted by Crippen LogP contribution is 2.26. The predicted octanol–water partition coefficient (Wildman–Crippen LogP) is 2.93. The first-order valence-corrected chi connectivity index (χ1v) is 9.31. The van der Waals surface area contributed by atoms with Crippen LogP contribution < -0.4 is 10.2 Å². The normalized spacial score (nSPS) is 13.6. The fourth-order valence-corrected chi connectivity index (χ4v) is 3.23. The summed E-state index contributed by atoms with van der Waals surface area (Å²) >= 11 is 0. The lowest BCUT2D eigenvalue weighted by molar-refractivity contribution is -0.123. The van der Waals surface area contributed by atoms with E-state index in [9.17, 15) is 22.4 Å². The second-order valence-electron chi connectivity index (χ2n) is 6.91. The average molecular weight is 432 g/mol. The maximum absolute atomic E-state index is 14.1. The number of anilines is 1. The van der Waals surface area contributed by atoms with Crippen molar-refractivity contribution < 1.29 is 22.4 Å². The van der Waals surface area contributed by atoms with Gasteiger partial charge in [-0.05, 0) is 24.3 Å². The van der Waals surface area contributed by atoms with E-state index in [0.29, 0.717) is 36.8 Å². The van der Waals surface area contributed by atoms with Gasteiger partial charge in [-0.1, -0.05) is 0 Å². The molecule has 0 saturated carbocycles. The molecule has 0 radical (unpaired) electrons. The first kappa shape index (κ1) is 20.6. The molecule has 1 amide bonds. The third-order valence-corrected chi connectivity index (χ3v) is 4.66. The number of hydrogen-bond acceptors (Lipinski definition) is 6. The third-order valence-electron chi connectivity index (χ3n) is 4.66. The second kappa shape index (κ2) is 8.25. The number of nitrogens with one attached hydrogen (secondary N) is 1. The van der Waals surface area contributed by atoms with Crippen molar-refractivity contribution in [3.05, 3.63) is 65.5 Å². The van der Waals surface area contributed by atoms with Gasteiger partial charge in [0.25, 0.3) is 5.91 Å². The Morgan fingerprint density at radius 2 is 1.87 bits per heavy atom. The number of halogens is 4. The first-order chi connectivity index (χ1) is 14.8. The van der Waals surface area contributed by atoms with Gasteiger partial charge >= 0.3 is 6.18 Å². The van der Waals surface area contributed by atoms with E-state index in [-0.39, 0.29) is 5.56 Å². The third kappa shape index (κ3) is 4.93. The van der Waals surface area contributed by atoms with E-state index in [2.05, 4.69) is 19.9 Å². The van der Waals surface area contributed by atoms with Gasteiger partial charge in [-0.2, -0.15) is 13.2 Å². The van der Waals surface area contributed by atoms with Crippen LogP contribution in [0.2, 0.25) is 0 Å². The van der Waals surface area contributed by atoms with Gasteiger partial charge in [0.15, 0.2) is 11.6 Å². The van der Waals surface area contributed by atoms with Crippen molar-refractivity contribution in [1.29, 1.82) is 0 Å². The molecule has 0 bridgehead atoms. The molecule has 7 nitrogen and oxygen atoms in total. The standard InChI is InChI=1S/C20H16F4N6O/c21-14-6-12(19(31)28-11-20(22,23)24)7-15(8-14)30-5-2-16-13(10-30)9-27-18(29-16)17-25-3-1-4-26-17/h1,3-4,6-9H,2,5,10-11H2,(H,28,31). The molecule has 160 valence electrons. The molecule has 1 aliphatic rings. The topological polar surface area (TPSA) is 83.9 Å². The van der Waals surface area contributed by atoms with Gasteiger partial charge in [0.2, 0.25) is 0 Å². The van der Waals surface area contributed by atoms with Crippen molar-refractivity contribution in [3.63, 3.8) is 0 Å². The van der Waals surface area contributed by atoms with Crippen LogP contribution in [-0.4, -0.2) is 45.1 Å². The summed E-state index contributed by atoms with van der Waals surface area (Å²) in [6, 6.07) is 5.20. The zero-order valence-electron chi connectivity index (χ0n) is 16.0. The lowest BCUT2D eigenvalue weighted by Gasteiger charge is -2.30. The molecular weight excluding hydrogens is 416 g/mol. The van der Waals surface area contributed by atoms with Crippen LogP contribution in [0.4, 0.5) is 23.2 Å². The SMILES string of the molecule is O=C(NCC(F)(F)F)c1cc(F)cc(N2CCc3nc(-c4ncccn4)ncc3C2)c1. The van der Waals surface area contributed by atoms with Crippen LogP contribution in [0.5, 0.6) is 0 Å². The molecule has 0 spiro atoms. The number of nitrogens with zero attached hydrogens (tertiary/aromatic N) is 5. The molecule has 3 aromatic rings. The van der Waals surface area contributed by atoms with Crippen molar-refractivity contribution in [1.82, 2.24) is 25.3 Å². The van der Waals surface area contributed by atoms with Crippen LogP contribution in [0.3, 0.4) is 0 Å². The average Bonchev–Trinajstić information content (AvgIpc) is 2.76. The van der Waals surface area contributed by atoms with Gasteiger partial charge in [-0.25, -0.2) is 24.3 Å². The van der Waals surface area contributed by atoms with Crippen molar-refractivity contribution in [3.8, 4) is 11.6 Å². The highest BCUT2D eigenvalue weighted by molar-refractivity contribution is 5.95. The molecule has 0 aliphatic carbocycles. The second-order valence-corrected chi connectivity index (χ2v) is 6.91. The Hall–Kier alpha value is -3.63. The summed E-state index contributed by atoms with van der Waals surface area (Å²) in [5.74, 6) is -0.894. The Balaban J connectivity index is 1.53. The number of fused-ring (bicyclic) bond motifs is 1. The summed E-state index contributed by atoms with van der Waals surface area (Å²) in [6.07, 6.45) is 0.824. The number of alkyl halides is 3. The Kier molecular flexibility index (Phi) is 5.49. The lowest BCUT2D eigenvalue weighted by atomic mass is 10.1. The minimum Gasteiger partial charge on any atom is -0.367 e. The number of carbonyl (C=O) groups excluding carboxylic acids is 1. The van der Waals surface area contributed by atoms with Crippen LogP contribution in [0.15, 0.2) is 42.9 Å². The lowest BCUT2D eigenvalue weighted by Crippen LogP contribution is -2.34. The van der Waals surface area contributed by atoms with Gasteiger partial charge < -0.3 is 10.2 Å². The van der Waals surface area contributed by atoms with Gasteiger partial charge in [0.05, 0.1) is 5.69 Å². The fourth-order valence-electron chi connectivity index (χ4n) is 3.23. The van der Waals surface area contributed by atoms with Crippen LogP contribution in [0, 0.1) is 5.82 Å². The number of hydrogen-bond donors (Lipinski definition) is 1. The van der Waals surface area contributed by atoms with Gasteiger partial charge in [-0.15, -0.1) is 0 Å². The van der Waals surface area contributed by atoms with Crippen molar-refractivity contribution >= 4 is 11.6 Å². The number of carbonyl (C=O) groups is 1. The predicted molar refractivity (Wildman–Crippen MR) is 103 cm³/mol. The molecule has 3 heterocycles. The molecule has 4 rings (SSSR count). The number of amides is 1. The molecule has 1 aliphatic heterocycles. The van der Waals surface area contributed by atoms with Crippen molar-refractivity contribution in [2.24, 2.45) is 0 Å². The summed E-state index contributed by atoms with van der Waals surface area (Å²) in [6.45, 7) is -0.649. The van der Waals surface area contributed by atoms with Crippen LogP contribution in [0.25, 0.3) is 11.6 Å². The Morgan fingerprint density at radius 3 is 2.61 bits per heavy atom. The highest BCUT2D eigenvalue weighted by atomic mass is 19.4. The molecule has 0 atom stereocenters. The van der Waals surface area contributed by atoms with E-state index in [1.807, 2.05) is 4.90 Å². The Bertz CT molecular complexity index is 1110. The summed E-state index contributed by atoms with van der Waals surface area (Å²) < 4.78 is 51.1. The smallest absolute Gasteiger partial charge is 0.367 e. The van der Waals surface area contributed by atoms with E-state index in [1.54, 1.807) is 30.0 Å². The van der Waals surface area contributed by atoms with Crippen LogP contribution in [0.1, 0.15) is 21.6 Å². The zero-order valence-corrected chi connectivity index (χ0v) is 16.0. The van der Waals surface area contributed by atoms with E-state index in [0.717, 1.165) is 17.3 Å².